The van der Waals surface area contributed by atoms with Crippen LogP contribution in [0.4, 0.5) is 0 Å². The first-order chi connectivity index (χ1) is 12.5. The smallest absolute Gasteiger partial charge is 0.329 e. The molecule has 0 fully saturated rings. The number of rotatable bonds is 6. The van der Waals surface area contributed by atoms with Crippen molar-refractivity contribution < 1.29 is 14.3 Å². The highest BCUT2D eigenvalue weighted by atomic mass is 16.5. The molecule has 0 aromatic heterocycles. The quantitative estimate of drug-likeness (QED) is 0.476. The van der Waals surface area contributed by atoms with Gasteiger partial charge in [0.15, 0.2) is 0 Å². The van der Waals surface area contributed by atoms with Gasteiger partial charge in [-0.25, -0.2) is 5.43 Å². The van der Waals surface area contributed by atoms with Crippen molar-refractivity contribution in [2.45, 2.75) is 26.3 Å². The van der Waals surface area contributed by atoms with Crippen LogP contribution in [0.25, 0.3) is 0 Å². The van der Waals surface area contributed by atoms with E-state index in [4.69, 9.17) is 4.74 Å². The molecular formula is C20H23N3O3. The number of hydrazone groups is 1. The normalized spacial score (nSPS) is 10.8. The lowest BCUT2D eigenvalue weighted by Crippen LogP contribution is -2.37. The average Bonchev–Trinajstić information content (AvgIpc) is 2.66. The van der Waals surface area contributed by atoms with Gasteiger partial charge in [-0.3, -0.25) is 9.59 Å². The first-order valence-electron chi connectivity index (χ1n) is 8.33. The molecule has 0 aliphatic heterocycles. The van der Waals surface area contributed by atoms with Crippen molar-refractivity contribution in [3.8, 4) is 5.75 Å². The summed E-state index contributed by atoms with van der Waals surface area (Å²) in [6, 6.07) is 15.0. The van der Waals surface area contributed by atoms with Crippen molar-refractivity contribution in [1.82, 2.24) is 10.7 Å². The fourth-order valence-corrected chi connectivity index (χ4v) is 2.19. The Morgan fingerprint density at radius 1 is 1.04 bits per heavy atom. The van der Waals surface area contributed by atoms with E-state index in [0.717, 1.165) is 16.9 Å². The molecular weight excluding hydrogens is 330 g/mol. The van der Waals surface area contributed by atoms with Crippen molar-refractivity contribution in [2.75, 3.05) is 7.11 Å². The van der Waals surface area contributed by atoms with E-state index in [-0.39, 0.29) is 6.54 Å². The Morgan fingerprint density at radius 3 is 2.27 bits per heavy atom. The third-order valence-corrected chi connectivity index (χ3v) is 3.80. The number of hydrogen-bond donors (Lipinski definition) is 2. The summed E-state index contributed by atoms with van der Waals surface area (Å²) in [5.74, 6) is -0.370. The molecule has 0 saturated heterocycles. The molecule has 6 nitrogen and oxygen atoms in total. The molecule has 0 aliphatic carbocycles. The van der Waals surface area contributed by atoms with Gasteiger partial charge in [0, 0.05) is 6.54 Å². The maximum absolute atomic E-state index is 11.8. The third-order valence-electron chi connectivity index (χ3n) is 3.80. The Hall–Kier alpha value is -3.15. The van der Waals surface area contributed by atoms with Crippen molar-refractivity contribution in [2.24, 2.45) is 5.10 Å². The first kappa shape index (κ1) is 19.2. The number of carbonyl (C=O) groups is 2. The Bertz CT molecular complexity index is 766. The van der Waals surface area contributed by atoms with E-state index in [1.54, 1.807) is 19.2 Å². The number of ether oxygens (including phenoxy) is 1. The zero-order chi connectivity index (χ0) is 18.9. The summed E-state index contributed by atoms with van der Waals surface area (Å²) >= 11 is 0. The van der Waals surface area contributed by atoms with Gasteiger partial charge < -0.3 is 10.1 Å². The highest BCUT2D eigenvalue weighted by Gasteiger charge is 2.11. The van der Waals surface area contributed by atoms with E-state index in [9.17, 15) is 9.59 Å². The second kappa shape index (κ2) is 9.36. The van der Waals surface area contributed by atoms with Crippen LogP contribution in [0.5, 0.6) is 5.75 Å². The summed E-state index contributed by atoms with van der Waals surface area (Å²) in [7, 11) is 1.58. The molecule has 2 rings (SSSR count). The summed E-state index contributed by atoms with van der Waals surface area (Å²) in [5, 5.41) is 6.35. The van der Waals surface area contributed by atoms with Crippen LogP contribution in [0, 0.1) is 0 Å². The predicted molar refractivity (Wildman–Crippen MR) is 101 cm³/mol. The maximum atomic E-state index is 11.8. The van der Waals surface area contributed by atoms with Gasteiger partial charge >= 0.3 is 11.8 Å². The summed E-state index contributed by atoms with van der Waals surface area (Å²) < 4.78 is 5.06. The number of amides is 2. The SMILES string of the molecule is COc1ccc(CNC(=O)C(=O)N/N=C\c2ccc(C(C)C)cc2)cc1. The molecule has 0 heterocycles. The molecule has 2 N–H and O–H groups in total. The first-order valence-corrected chi connectivity index (χ1v) is 8.33. The third kappa shape index (κ3) is 5.73. The van der Waals surface area contributed by atoms with Crippen molar-refractivity contribution in [3.63, 3.8) is 0 Å². The molecule has 0 bridgehead atoms. The van der Waals surface area contributed by atoms with Crippen molar-refractivity contribution in [1.29, 1.82) is 0 Å². The molecule has 0 unspecified atom stereocenters. The average molecular weight is 353 g/mol. The fourth-order valence-electron chi connectivity index (χ4n) is 2.19. The number of methoxy groups -OCH3 is 1. The highest BCUT2D eigenvalue weighted by molar-refractivity contribution is 6.35. The molecule has 2 amide bonds. The number of nitrogens with one attached hydrogen (secondary N) is 2. The van der Waals surface area contributed by atoms with Crippen LogP contribution in [0.15, 0.2) is 53.6 Å². The predicted octanol–water partition coefficient (Wildman–Crippen LogP) is 2.59. The molecule has 26 heavy (non-hydrogen) atoms. The summed E-state index contributed by atoms with van der Waals surface area (Å²) in [6.45, 7) is 4.48. The van der Waals surface area contributed by atoms with Crippen LogP contribution < -0.4 is 15.5 Å². The van der Waals surface area contributed by atoms with Crippen LogP contribution in [0.3, 0.4) is 0 Å². The molecule has 136 valence electrons. The lowest BCUT2D eigenvalue weighted by molar-refractivity contribution is -0.139. The van der Waals surface area contributed by atoms with E-state index in [0.29, 0.717) is 5.92 Å². The van der Waals surface area contributed by atoms with E-state index in [1.165, 1.54) is 11.8 Å². The Kier molecular flexibility index (Phi) is 6.91. The minimum absolute atomic E-state index is 0.247. The molecule has 2 aromatic rings. The van der Waals surface area contributed by atoms with Crippen LogP contribution in [0.2, 0.25) is 0 Å². The second-order valence-electron chi connectivity index (χ2n) is 6.05. The van der Waals surface area contributed by atoms with Gasteiger partial charge in [0.2, 0.25) is 0 Å². The lowest BCUT2D eigenvalue weighted by Gasteiger charge is -2.06. The van der Waals surface area contributed by atoms with Gasteiger partial charge in [-0.15, -0.1) is 0 Å². The molecule has 0 atom stereocenters. The Labute approximate surface area is 153 Å². The Balaban J connectivity index is 1.79. The highest BCUT2D eigenvalue weighted by Crippen LogP contribution is 2.13. The molecule has 0 spiro atoms. The monoisotopic (exact) mass is 353 g/mol. The van der Waals surface area contributed by atoms with E-state index >= 15 is 0 Å². The lowest BCUT2D eigenvalue weighted by atomic mass is 10.0. The van der Waals surface area contributed by atoms with Gasteiger partial charge in [0.05, 0.1) is 13.3 Å². The molecule has 2 aromatic carbocycles. The standard InChI is InChI=1S/C20H23N3O3/c1-14(2)17-8-4-16(5-9-17)13-22-23-20(25)19(24)21-12-15-6-10-18(26-3)11-7-15/h4-11,13-14H,12H2,1-3H3,(H,21,24)(H,23,25)/b22-13-. The van der Waals surface area contributed by atoms with Crippen molar-refractivity contribution >= 4 is 18.0 Å². The number of nitrogens with zero attached hydrogens (tertiary/aromatic N) is 1. The van der Waals surface area contributed by atoms with Gasteiger partial charge in [-0.1, -0.05) is 50.2 Å². The maximum Gasteiger partial charge on any atom is 0.329 e. The van der Waals surface area contributed by atoms with E-state index in [2.05, 4.69) is 29.7 Å². The minimum Gasteiger partial charge on any atom is -0.497 e. The number of hydrogen-bond acceptors (Lipinski definition) is 4. The minimum atomic E-state index is -0.812. The summed E-state index contributed by atoms with van der Waals surface area (Å²) in [5.41, 5.74) is 5.15. The van der Waals surface area contributed by atoms with E-state index < -0.39 is 11.8 Å². The van der Waals surface area contributed by atoms with Crippen LogP contribution in [-0.4, -0.2) is 25.1 Å². The molecule has 0 radical (unpaired) electrons. The Morgan fingerprint density at radius 2 is 1.69 bits per heavy atom. The summed E-state index contributed by atoms with van der Waals surface area (Å²) in [4.78, 5) is 23.5. The second-order valence-corrected chi connectivity index (χ2v) is 6.05. The zero-order valence-electron chi connectivity index (χ0n) is 15.2. The van der Waals surface area contributed by atoms with E-state index in [1.807, 2.05) is 36.4 Å². The topological polar surface area (TPSA) is 79.8 Å². The zero-order valence-corrected chi connectivity index (χ0v) is 15.2. The number of benzene rings is 2. The van der Waals surface area contributed by atoms with Crippen LogP contribution in [-0.2, 0) is 16.1 Å². The van der Waals surface area contributed by atoms with Gasteiger partial charge in [-0.05, 0) is 34.7 Å². The van der Waals surface area contributed by atoms with Crippen molar-refractivity contribution in [3.05, 3.63) is 65.2 Å². The fraction of sp³-hybridized carbons (Fsp3) is 0.250. The summed E-state index contributed by atoms with van der Waals surface area (Å²) in [6.07, 6.45) is 1.50. The van der Waals surface area contributed by atoms with Gasteiger partial charge in [-0.2, -0.15) is 5.10 Å². The van der Waals surface area contributed by atoms with Crippen LogP contribution in [0.1, 0.15) is 36.5 Å². The van der Waals surface area contributed by atoms with Crippen LogP contribution >= 0.6 is 0 Å². The van der Waals surface area contributed by atoms with Gasteiger partial charge in [0.25, 0.3) is 0 Å². The molecule has 0 aliphatic rings. The number of carbonyl (C=O) groups excluding carboxylic acids is 2. The van der Waals surface area contributed by atoms with Gasteiger partial charge in [0.1, 0.15) is 5.75 Å². The molecule has 6 heteroatoms. The largest absolute Gasteiger partial charge is 0.497 e. The molecule has 0 saturated carbocycles.